The zero-order valence-corrected chi connectivity index (χ0v) is 17.0. The fraction of sp³-hybridized carbons (Fsp3) is 0.286. The van der Waals surface area contributed by atoms with Crippen molar-refractivity contribution in [3.8, 4) is 0 Å². The number of benzene rings is 1. The quantitative estimate of drug-likeness (QED) is 0.375. The smallest absolute Gasteiger partial charge is 0.230 e. The average molecular weight is 410 g/mol. The van der Waals surface area contributed by atoms with Crippen LogP contribution in [0.1, 0.15) is 35.6 Å². The van der Waals surface area contributed by atoms with E-state index in [0.29, 0.717) is 5.75 Å². The number of thiophene rings is 1. The summed E-state index contributed by atoms with van der Waals surface area (Å²) in [6.45, 7) is 1.94. The Labute approximate surface area is 170 Å². The highest BCUT2D eigenvalue weighted by Crippen LogP contribution is 2.40. The molecule has 142 valence electrons. The lowest BCUT2D eigenvalue weighted by atomic mass is 10.2. The Bertz CT molecular complexity index is 1150. The van der Waals surface area contributed by atoms with Gasteiger partial charge in [0.05, 0.1) is 11.8 Å². The van der Waals surface area contributed by atoms with Crippen LogP contribution in [0.2, 0.25) is 0 Å². The molecule has 7 heteroatoms. The molecule has 0 aliphatic heterocycles. The van der Waals surface area contributed by atoms with Gasteiger partial charge in [0.25, 0.3) is 0 Å². The summed E-state index contributed by atoms with van der Waals surface area (Å²) < 4.78 is 5.85. The Balaban J connectivity index is 1.28. The van der Waals surface area contributed by atoms with Gasteiger partial charge in [0.2, 0.25) is 5.91 Å². The van der Waals surface area contributed by atoms with E-state index in [-0.39, 0.29) is 11.9 Å². The van der Waals surface area contributed by atoms with Gasteiger partial charge < -0.3 is 9.73 Å². The number of furan rings is 1. The minimum Gasteiger partial charge on any atom is -0.459 e. The predicted molar refractivity (Wildman–Crippen MR) is 113 cm³/mol. The number of hydrogen-bond donors (Lipinski definition) is 1. The highest BCUT2D eigenvalue weighted by atomic mass is 32.2. The Kier molecular flexibility index (Phi) is 4.56. The summed E-state index contributed by atoms with van der Waals surface area (Å²) in [6.07, 6.45) is 5.03. The molecule has 5 rings (SSSR count). The van der Waals surface area contributed by atoms with E-state index in [1.54, 1.807) is 17.7 Å². The Morgan fingerprint density at radius 1 is 1.32 bits per heavy atom. The highest BCUT2D eigenvalue weighted by Gasteiger charge is 2.22. The van der Waals surface area contributed by atoms with Crippen molar-refractivity contribution < 1.29 is 9.21 Å². The van der Waals surface area contributed by atoms with Crippen molar-refractivity contribution in [2.45, 2.75) is 37.3 Å². The number of carbonyl (C=O) groups excluding carboxylic acids is 1. The first kappa shape index (κ1) is 17.7. The Morgan fingerprint density at radius 3 is 3.11 bits per heavy atom. The number of amides is 1. The number of rotatable bonds is 5. The van der Waals surface area contributed by atoms with Gasteiger partial charge in [0.1, 0.15) is 27.5 Å². The second-order valence-electron chi connectivity index (χ2n) is 6.98. The number of para-hydroxylation sites is 1. The van der Waals surface area contributed by atoms with Gasteiger partial charge in [-0.3, -0.25) is 4.79 Å². The third-order valence-electron chi connectivity index (χ3n) is 5.06. The van der Waals surface area contributed by atoms with Crippen molar-refractivity contribution in [3.05, 3.63) is 52.9 Å². The van der Waals surface area contributed by atoms with E-state index in [2.05, 4.69) is 15.3 Å². The van der Waals surface area contributed by atoms with Crippen molar-refractivity contribution >= 4 is 50.2 Å². The molecule has 0 saturated heterocycles. The first-order valence-electron chi connectivity index (χ1n) is 9.35. The molecule has 1 aliphatic carbocycles. The van der Waals surface area contributed by atoms with Crippen LogP contribution in [-0.4, -0.2) is 21.6 Å². The molecule has 1 amide bonds. The number of aromatic nitrogens is 2. The van der Waals surface area contributed by atoms with Crippen LogP contribution in [-0.2, 0) is 17.6 Å². The standard InChI is InChI=1S/C21H19N3O2S2/c1-12(16-9-13-5-2-3-7-15(13)26-16)24-18(25)10-27-20-19-14-6-4-8-17(14)28-21(19)23-11-22-20/h2-3,5,7,9,11-12H,4,6,8,10H2,1H3,(H,24,25)/t12-/m1/s1. The fourth-order valence-electron chi connectivity index (χ4n) is 3.71. The molecule has 0 saturated carbocycles. The lowest BCUT2D eigenvalue weighted by Crippen LogP contribution is -2.27. The van der Waals surface area contributed by atoms with Gasteiger partial charge in [0.15, 0.2) is 0 Å². The molecule has 28 heavy (non-hydrogen) atoms. The fourth-order valence-corrected chi connectivity index (χ4v) is 5.84. The minimum absolute atomic E-state index is 0.0309. The van der Waals surface area contributed by atoms with Crippen LogP contribution in [0, 0.1) is 0 Å². The molecule has 1 aliphatic rings. The third kappa shape index (κ3) is 3.18. The lowest BCUT2D eigenvalue weighted by molar-refractivity contribution is -0.119. The molecule has 0 unspecified atom stereocenters. The number of nitrogens with one attached hydrogen (secondary N) is 1. The van der Waals surface area contributed by atoms with Crippen molar-refractivity contribution in [3.63, 3.8) is 0 Å². The molecule has 0 fully saturated rings. The van der Waals surface area contributed by atoms with E-state index in [0.717, 1.165) is 44.8 Å². The van der Waals surface area contributed by atoms with Crippen molar-refractivity contribution in [2.24, 2.45) is 0 Å². The molecule has 1 N–H and O–H groups in total. The maximum atomic E-state index is 12.5. The van der Waals surface area contributed by atoms with Crippen LogP contribution in [0.4, 0.5) is 0 Å². The van der Waals surface area contributed by atoms with Crippen molar-refractivity contribution in [1.82, 2.24) is 15.3 Å². The number of hydrogen-bond acceptors (Lipinski definition) is 6. The average Bonchev–Trinajstić information content (AvgIpc) is 3.39. The van der Waals surface area contributed by atoms with Crippen LogP contribution in [0.15, 0.2) is 46.1 Å². The van der Waals surface area contributed by atoms with E-state index in [4.69, 9.17) is 4.42 Å². The maximum Gasteiger partial charge on any atom is 0.230 e. The maximum absolute atomic E-state index is 12.5. The SMILES string of the molecule is C[C@@H](NC(=O)CSc1ncnc2sc3c(c12)CCC3)c1cc2ccccc2o1. The third-order valence-corrected chi connectivity index (χ3v) is 7.24. The van der Waals surface area contributed by atoms with E-state index >= 15 is 0 Å². The molecule has 4 aromatic rings. The van der Waals surface area contributed by atoms with E-state index in [1.165, 1.54) is 28.6 Å². The zero-order chi connectivity index (χ0) is 19.1. The molecule has 1 atom stereocenters. The number of carbonyl (C=O) groups is 1. The number of nitrogens with zero attached hydrogens (tertiary/aromatic N) is 2. The van der Waals surface area contributed by atoms with Crippen LogP contribution < -0.4 is 5.32 Å². The van der Waals surface area contributed by atoms with Crippen LogP contribution in [0.3, 0.4) is 0 Å². The Hall–Kier alpha value is -2.38. The summed E-state index contributed by atoms with van der Waals surface area (Å²) in [6, 6.07) is 9.66. The van der Waals surface area contributed by atoms with Crippen LogP contribution >= 0.6 is 23.1 Å². The summed E-state index contributed by atoms with van der Waals surface area (Å²) >= 11 is 3.25. The second kappa shape index (κ2) is 7.22. The topological polar surface area (TPSA) is 68.0 Å². The van der Waals surface area contributed by atoms with Gasteiger partial charge in [-0.1, -0.05) is 30.0 Å². The molecule has 0 bridgehead atoms. The van der Waals surface area contributed by atoms with Gasteiger partial charge >= 0.3 is 0 Å². The first-order chi connectivity index (χ1) is 13.7. The van der Waals surface area contributed by atoms with E-state index < -0.39 is 0 Å². The normalized spacial score (nSPS) is 14.5. The summed E-state index contributed by atoms with van der Waals surface area (Å²) in [7, 11) is 0. The van der Waals surface area contributed by atoms with Crippen LogP contribution in [0.5, 0.6) is 0 Å². The number of thioether (sulfide) groups is 1. The second-order valence-corrected chi connectivity index (χ2v) is 9.03. The summed E-state index contributed by atoms with van der Waals surface area (Å²) in [4.78, 5) is 23.9. The van der Waals surface area contributed by atoms with Gasteiger partial charge in [0, 0.05) is 15.6 Å². The molecular formula is C21H19N3O2S2. The number of fused-ring (bicyclic) bond motifs is 4. The molecule has 3 heterocycles. The van der Waals surface area contributed by atoms with Gasteiger partial charge in [-0.15, -0.1) is 11.3 Å². The molecule has 0 radical (unpaired) electrons. The van der Waals surface area contributed by atoms with Gasteiger partial charge in [-0.05, 0) is 43.9 Å². The predicted octanol–water partition coefficient (Wildman–Crippen LogP) is 4.90. The molecule has 1 aromatic carbocycles. The van der Waals surface area contributed by atoms with Crippen molar-refractivity contribution in [1.29, 1.82) is 0 Å². The van der Waals surface area contributed by atoms with E-state index in [9.17, 15) is 4.79 Å². The molecule has 0 spiro atoms. The van der Waals surface area contributed by atoms with Gasteiger partial charge in [-0.25, -0.2) is 9.97 Å². The number of aryl methyl sites for hydroxylation is 2. The summed E-state index contributed by atoms with van der Waals surface area (Å²) in [5.74, 6) is 1.05. The Morgan fingerprint density at radius 2 is 2.21 bits per heavy atom. The molecule has 3 aromatic heterocycles. The molecular weight excluding hydrogens is 390 g/mol. The molecule has 5 nitrogen and oxygen atoms in total. The monoisotopic (exact) mass is 409 g/mol. The van der Waals surface area contributed by atoms with E-state index in [1.807, 2.05) is 37.3 Å². The zero-order valence-electron chi connectivity index (χ0n) is 15.4. The van der Waals surface area contributed by atoms with Crippen molar-refractivity contribution in [2.75, 3.05) is 5.75 Å². The largest absolute Gasteiger partial charge is 0.459 e. The first-order valence-corrected chi connectivity index (χ1v) is 11.1. The van der Waals surface area contributed by atoms with Crippen LogP contribution in [0.25, 0.3) is 21.2 Å². The summed E-state index contributed by atoms with van der Waals surface area (Å²) in [5, 5.41) is 6.14. The lowest BCUT2D eigenvalue weighted by Gasteiger charge is -2.11. The van der Waals surface area contributed by atoms with Gasteiger partial charge in [-0.2, -0.15) is 0 Å². The summed E-state index contributed by atoms with van der Waals surface area (Å²) in [5.41, 5.74) is 2.22. The highest BCUT2D eigenvalue weighted by molar-refractivity contribution is 8.00. The minimum atomic E-state index is -0.184.